The Bertz CT molecular complexity index is 417. The SMILES string of the molecule is O=C(Nc1cccc(C(F)F)c1)C1CCCNC1. The van der Waals surface area contributed by atoms with Crippen LogP contribution in [0.5, 0.6) is 0 Å². The lowest BCUT2D eigenvalue weighted by Crippen LogP contribution is -2.37. The van der Waals surface area contributed by atoms with Crippen LogP contribution in [0.1, 0.15) is 24.8 Å². The third kappa shape index (κ3) is 3.26. The van der Waals surface area contributed by atoms with Crippen molar-refractivity contribution in [2.45, 2.75) is 19.3 Å². The van der Waals surface area contributed by atoms with E-state index in [0.29, 0.717) is 12.2 Å². The molecule has 0 spiro atoms. The van der Waals surface area contributed by atoms with E-state index in [4.69, 9.17) is 0 Å². The molecule has 1 fully saturated rings. The van der Waals surface area contributed by atoms with Crippen LogP contribution in [0.25, 0.3) is 0 Å². The zero-order chi connectivity index (χ0) is 13.0. The number of carbonyl (C=O) groups excluding carboxylic acids is 1. The van der Waals surface area contributed by atoms with E-state index in [1.54, 1.807) is 6.07 Å². The van der Waals surface area contributed by atoms with Crippen LogP contribution in [0.3, 0.4) is 0 Å². The Hall–Kier alpha value is -1.49. The highest BCUT2D eigenvalue weighted by molar-refractivity contribution is 5.92. The van der Waals surface area contributed by atoms with Gasteiger partial charge in [-0.3, -0.25) is 4.79 Å². The van der Waals surface area contributed by atoms with Gasteiger partial charge in [0.05, 0.1) is 5.92 Å². The molecule has 18 heavy (non-hydrogen) atoms. The van der Waals surface area contributed by atoms with Crippen molar-refractivity contribution < 1.29 is 13.6 Å². The molecule has 1 aliphatic heterocycles. The standard InChI is InChI=1S/C13H16F2N2O/c14-12(15)9-3-1-5-11(7-9)17-13(18)10-4-2-6-16-8-10/h1,3,5,7,10,12,16H,2,4,6,8H2,(H,17,18). The number of hydrogen-bond donors (Lipinski definition) is 2. The van der Waals surface area contributed by atoms with Gasteiger partial charge in [-0.05, 0) is 31.5 Å². The van der Waals surface area contributed by atoms with Crippen LogP contribution in [-0.4, -0.2) is 19.0 Å². The van der Waals surface area contributed by atoms with Crippen LogP contribution in [0.2, 0.25) is 0 Å². The average Bonchev–Trinajstić information content (AvgIpc) is 2.40. The van der Waals surface area contributed by atoms with Gasteiger partial charge in [-0.1, -0.05) is 12.1 Å². The molecule has 1 aromatic rings. The van der Waals surface area contributed by atoms with E-state index < -0.39 is 6.43 Å². The Labute approximate surface area is 105 Å². The number of amides is 1. The Balaban J connectivity index is 1.99. The van der Waals surface area contributed by atoms with Crippen LogP contribution in [-0.2, 0) is 4.79 Å². The third-order valence-corrected chi connectivity index (χ3v) is 3.07. The number of halogens is 2. The van der Waals surface area contributed by atoms with Gasteiger partial charge in [0, 0.05) is 17.8 Å². The summed E-state index contributed by atoms with van der Waals surface area (Å²) in [4.78, 5) is 11.9. The number of rotatable bonds is 3. The molecule has 1 amide bonds. The molecule has 1 aromatic carbocycles. The van der Waals surface area contributed by atoms with Crippen molar-refractivity contribution in [3.8, 4) is 0 Å². The van der Waals surface area contributed by atoms with Gasteiger partial charge < -0.3 is 10.6 Å². The Morgan fingerprint density at radius 1 is 1.44 bits per heavy atom. The van der Waals surface area contributed by atoms with Gasteiger partial charge in [-0.2, -0.15) is 0 Å². The number of anilines is 1. The number of piperidine rings is 1. The number of nitrogens with one attached hydrogen (secondary N) is 2. The van der Waals surface area contributed by atoms with Crippen molar-refractivity contribution in [3.05, 3.63) is 29.8 Å². The summed E-state index contributed by atoms with van der Waals surface area (Å²) in [6, 6.07) is 5.82. The smallest absolute Gasteiger partial charge is 0.263 e. The number of benzene rings is 1. The van der Waals surface area contributed by atoms with Crippen molar-refractivity contribution in [3.63, 3.8) is 0 Å². The summed E-state index contributed by atoms with van der Waals surface area (Å²) in [6.45, 7) is 1.59. The summed E-state index contributed by atoms with van der Waals surface area (Å²) in [6.07, 6.45) is -0.707. The predicted octanol–water partition coefficient (Wildman–Crippen LogP) is 2.56. The molecule has 0 aliphatic carbocycles. The molecular formula is C13H16F2N2O. The molecule has 1 atom stereocenters. The summed E-state index contributed by atoms with van der Waals surface area (Å²) >= 11 is 0. The van der Waals surface area contributed by atoms with Crippen molar-refractivity contribution in [2.75, 3.05) is 18.4 Å². The monoisotopic (exact) mass is 254 g/mol. The molecule has 3 nitrogen and oxygen atoms in total. The largest absolute Gasteiger partial charge is 0.326 e. The van der Waals surface area contributed by atoms with Gasteiger partial charge in [0.1, 0.15) is 0 Å². The van der Waals surface area contributed by atoms with Crippen molar-refractivity contribution >= 4 is 11.6 Å². The molecule has 2 rings (SSSR count). The first kappa shape index (κ1) is 13.0. The van der Waals surface area contributed by atoms with Crippen LogP contribution in [0.15, 0.2) is 24.3 Å². The highest BCUT2D eigenvalue weighted by Crippen LogP contribution is 2.22. The van der Waals surface area contributed by atoms with Gasteiger partial charge in [-0.25, -0.2) is 8.78 Å². The average molecular weight is 254 g/mol. The molecule has 1 aliphatic rings. The molecule has 0 bridgehead atoms. The van der Waals surface area contributed by atoms with Crippen molar-refractivity contribution in [1.82, 2.24) is 5.32 Å². The first-order chi connectivity index (χ1) is 8.66. The second-order valence-corrected chi connectivity index (χ2v) is 4.46. The van der Waals surface area contributed by atoms with E-state index in [0.717, 1.165) is 19.4 Å². The molecule has 1 saturated heterocycles. The molecule has 5 heteroatoms. The van der Waals surface area contributed by atoms with Gasteiger partial charge in [0.15, 0.2) is 0 Å². The van der Waals surface area contributed by atoms with E-state index in [1.807, 2.05) is 0 Å². The molecule has 1 heterocycles. The van der Waals surface area contributed by atoms with Gasteiger partial charge >= 0.3 is 0 Å². The second-order valence-electron chi connectivity index (χ2n) is 4.46. The molecule has 0 saturated carbocycles. The maximum Gasteiger partial charge on any atom is 0.263 e. The summed E-state index contributed by atoms with van der Waals surface area (Å²) in [5.74, 6) is -0.178. The fraction of sp³-hybridized carbons (Fsp3) is 0.462. The quantitative estimate of drug-likeness (QED) is 0.870. The molecule has 0 radical (unpaired) electrons. The fourth-order valence-corrected chi connectivity index (χ4v) is 2.07. The lowest BCUT2D eigenvalue weighted by atomic mass is 9.99. The topological polar surface area (TPSA) is 41.1 Å². The van der Waals surface area contributed by atoms with Crippen LogP contribution in [0.4, 0.5) is 14.5 Å². The van der Waals surface area contributed by atoms with E-state index in [1.165, 1.54) is 18.2 Å². The van der Waals surface area contributed by atoms with E-state index >= 15 is 0 Å². The summed E-state index contributed by atoms with van der Waals surface area (Å²) in [5, 5.41) is 5.84. The summed E-state index contributed by atoms with van der Waals surface area (Å²) in [5.41, 5.74) is 0.359. The molecule has 0 aromatic heterocycles. The maximum atomic E-state index is 12.5. The van der Waals surface area contributed by atoms with Gasteiger partial charge in [-0.15, -0.1) is 0 Å². The van der Waals surface area contributed by atoms with E-state index in [9.17, 15) is 13.6 Å². The summed E-state index contributed by atoms with van der Waals surface area (Å²) < 4.78 is 25.0. The van der Waals surface area contributed by atoms with Crippen molar-refractivity contribution in [1.29, 1.82) is 0 Å². The van der Waals surface area contributed by atoms with Gasteiger partial charge in [0.2, 0.25) is 5.91 Å². The molecule has 2 N–H and O–H groups in total. The van der Waals surface area contributed by atoms with Crippen LogP contribution < -0.4 is 10.6 Å². The minimum atomic E-state index is -2.52. The minimum absolute atomic E-state index is 0.0745. The highest BCUT2D eigenvalue weighted by atomic mass is 19.3. The Morgan fingerprint density at radius 2 is 2.28 bits per heavy atom. The lowest BCUT2D eigenvalue weighted by molar-refractivity contribution is -0.120. The molecule has 98 valence electrons. The zero-order valence-corrected chi connectivity index (χ0v) is 9.96. The number of alkyl halides is 2. The second kappa shape index (κ2) is 5.91. The van der Waals surface area contributed by atoms with Gasteiger partial charge in [0.25, 0.3) is 6.43 Å². The van der Waals surface area contributed by atoms with E-state index in [2.05, 4.69) is 10.6 Å². The first-order valence-electron chi connectivity index (χ1n) is 6.06. The minimum Gasteiger partial charge on any atom is -0.326 e. The fourth-order valence-electron chi connectivity index (χ4n) is 2.07. The number of hydrogen-bond acceptors (Lipinski definition) is 2. The molecular weight excluding hydrogens is 238 g/mol. The van der Waals surface area contributed by atoms with Crippen LogP contribution in [0, 0.1) is 5.92 Å². The predicted molar refractivity (Wildman–Crippen MR) is 65.6 cm³/mol. The molecule has 1 unspecified atom stereocenters. The van der Waals surface area contributed by atoms with Crippen molar-refractivity contribution in [2.24, 2.45) is 5.92 Å². The normalized spacial score (nSPS) is 19.8. The highest BCUT2D eigenvalue weighted by Gasteiger charge is 2.21. The van der Waals surface area contributed by atoms with Crippen LogP contribution >= 0.6 is 0 Å². The summed E-state index contributed by atoms with van der Waals surface area (Å²) in [7, 11) is 0. The van der Waals surface area contributed by atoms with E-state index in [-0.39, 0.29) is 17.4 Å². The third-order valence-electron chi connectivity index (χ3n) is 3.07. The first-order valence-corrected chi connectivity index (χ1v) is 6.06. The Morgan fingerprint density at radius 3 is 2.94 bits per heavy atom. The zero-order valence-electron chi connectivity index (χ0n) is 9.96. The maximum absolute atomic E-state index is 12.5. The lowest BCUT2D eigenvalue weighted by Gasteiger charge is -2.22. The number of carbonyl (C=O) groups is 1. The Kier molecular flexibility index (Phi) is 4.25.